The molecule has 0 aliphatic carbocycles. The Balaban J connectivity index is 2.53. The van der Waals surface area contributed by atoms with Crippen molar-refractivity contribution in [2.45, 2.75) is 46.2 Å². The SMILES string of the molecule is CCN(c1c([N+](=O)[O-])c(C)nn1C(C)C)C1CCNC1. The van der Waals surface area contributed by atoms with E-state index in [0.717, 1.165) is 26.1 Å². The molecule has 0 saturated carbocycles. The summed E-state index contributed by atoms with van der Waals surface area (Å²) in [7, 11) is 0. The number of aryl methyl sites for hydroxylation is 1. The second-order valence-corrected chi connectivity index (χ2v) is 5.49. The molecule has 1 aliphatic heterocycles. The molecule has 7 nitrogen and oxygen atoms in total. The molecule has 1 atom stereocenters. The second kappa shape index (κ2) is 5.78. The van der Waals surface area contributed by atoms with E-state index in [4.69, 9.17) is 0 Å². The summed E-state index contributed by atoms with van der Waals surface area (Å²) in [6, 6.07) is 0.396. The molecule has 1 unspecified atom stereocenters. The smallest absolute Gasteiger partial charge is 0.333 e. The highest BCUT2D eigenvalue weighted by atomic mass is 16.6. The van der Waals surface area contributed by atoms with Gasteiger partial charge in [-0.25, -0.2) is 4.68 Å². The van der Waals surface area contributed by atoms with Crippen molar-refractivity contribution in [3.63, 3.8) is 0 Å². The molecule has 2 rings (SSSR count). The van der Waals surface area contributed by atoms with Crippen LogP contribution in [-0.2, 0) is 0 Å². The van der Waals surface area contributed by atoms with Crippen LogP contribution < -0.4 is 10.2 Å². The number of rotatable bonds is 5. The molecule has 1 saturated heterocycles. The number of hydrogen-bond acceptors (Lipinski definition) is 5. The van der Waals surface area contributed by atoms with Gasteiger partial charge in [0.2, 0.25) is 5.82 Å². The largest absolute Gasteiger partial charge is 0.347 e. The van der Waals surface area contributed by atoms with E-state index < -0.39 is 0 Å². The van der Waals surface area contributed by atoms with E-state index in [9.17, 15) is 10.1 Å². The van der Waals surface area contributed by atoms with E-state index >= 15 is 0 Å². The van der Waals surface area contributed by atoms with Crippen LogP contribution in [0.1, 0.15) is 38.9 Å². The number of likely N-dealkylation sites (N-methyl/N-ethyl adjacent to an activating group) is 1. The minimum atomic E-state index is -0.304. The minimum Gasteiger partial charge on any atom is -0.347 e. The first-order chi connectivity index (χ1) is 9.47. The molecule has 0 spiro atoms. The van der Waals surface area contributed by atoms with Crippen LogP contribution in [0.15, 0.2) is 0 Å². The zero-order chi connectivity index (χ0) is 14.9. The summed E-state index contributed by atoms with van der Waals surface area (Å²) >= 11 is 0. The molecule has 0 bridgehead atoms. The van der Waals surface area contributed by atoms with Crippen LogP contribution in [0.5, 0.6) is 0 Å². The first kappa shape index (κ1) is 14.8. The second-order valence-electron chi connectivity index (χ2n) is 5.49. The number of nitrogens with one attached hydrogen (secondary N) is 1. The Bertz CT molecular complexity index is 491. The van der Waals surface area contributed by atoms with Gasteiger partial charge in [-0.1, -0.05) is 0 Å². The van der Waals surface area contributed by atoms with Crippen LogP contribution in [0.2, 0.25) is 0 Å². The molecule has 0 radical (unpaired) electrons. The topological polar surface area (TPSA) is 76.2 Å². The lowest BCUT2D eigenvalue weighted by atomic mass is 10.2. The molecule has 0 amide bonds. The van der Waals surface area contributed by atoms with Crippen molar-refractivity contribution in [1.29, 1.82) is 0 Å². The maximum atomic E-state index is 11.4. The fraction of sp³-hybridized carbons (Fsp3) is 0.769. The van der Waals surface area contributed by atoms with E-state index in [1.54, 1.807) is 11.6 Å². The average molecular weight is 281 g/mol. The zero-order valence-corrected chi connectivity index (χ0v) is 12.6. The first-order valence-corrected chi connectivity index (χ1v) is 7.18. The molecule has 1 fully saturated rings. The highest BCUT2D eigenvalue weighted by Gasteiger charge is 2.34. The van der Waals surface area contributed by atoms with Crippen LogP contribution in [-0.4, -0.2) is 40.4 Å². The summed E-state index contributed by atoms with van der Waals surface area (Å²) in [4.78, 5) is 13.2. The van der Waals surface area contributed by atoms with E-state index in [-0.39, 0.29) is 16.7 Å². The van der Waals surface area contributed by atoms with Gasteiger partial charge < -0.3 is 10.2 Å². The Morgan fingerprint density at radius 2 is 2.30 bits per heavy atom. The van der Waals surface area contributed by atoms with Crippen LogP contribution in [0.4, 0.5) is 11.5 Å². The van der Waals surface area contributed by atoms with E-state index in [1.807, 2.05) is 20.8 Å². The Labute approximate surface area is 119 Å². The fourth-order valence-electron chi connectivity index (χ4n) is 2.85. The molecule has 1 aromatic rings. The summed E-state index contributed by atoms with van der Waals surface area (Å²) in [5, 5.41) is 19.1. The third-order valence-corrected chi connectivity index (χ3v) is 3.79. The lowest BCUT2D eigenvalue weighted by molar-refractivity contribution is -0.384. The fourth-order valence-corrected chi connectivity index (χ4v) is 2.85. The number of anilines is 1. The lowest BCUT2D eigenvalue weighted by Crippen LogP contribution is -2.38. The summed E-state index contributed by atoms with van der Waals surface area (Å²) < 4.78 is 1.79. The molecular formula is C13H23N5O2. The maximum absolute atomic E-state index is 11.4. The summed E-state index contributed by atoms with van der Waals surface area (Å²) in [6.45, 7) is 10.3. The number of hydrogen-bond donors (Lipinski definition) is 1. The summed E-state index contributed by atoms with van der Waals surface area (Å²) in [6.07, 6.45) is 1.01. The standard InChI is InChI=1S/C13H23N5O2/c1-5-16(11-6-7-14-8-11)13-12(18(19)20)10(4)15-17(13)9(2)3/h9,11,14H,5-8H2,1-4H3. The van der Waals surface area contributed by atoms with Crippen LogP contribution >= 0.6 is 0 Å². The van der Waals surface area contributed by atoms with Gasteiger partial charge in [-0.2, -0.15) is 5.10 Å². The maximum Gasteiger partial charge on any atom is 0.333 e. The molecule has 0 aromatic carbocycles. The predicted molar refractivity (Wildman–Crippen MR) is 78.3 cm³/mol. The number of aromatic nitrogens is 2. The Kier molecular flexibility index (Phi) is 4.27. The highest BCUT2D eigenvalue weighted by molar-refractivity contribution is 5.62. The Hall–Kier alpha value is -1.63. The monoisotopic (exact) mass is 281 g/mol. The zero-order valence-electron chi connectivity index (χ0n) is 12.6. The van der Waals surface area contributed by atoms with E-state index in [2.05, 4.69) is 15.3 Å². The molecular weight excluding hydrogens is 258 g/mol. The van der Waals surface area contributed by atoms with Crippen LogP contribution in [0.3, 0.4) is 0 Å². The van der Waals surface area contributed by atoms with Crippen molar-refractivity contribution in [2.24, 2.45) is 0 Å². The van der Waals surface area contributed by atoms with Crippen LogP contribution in [0.25, 0.3) is 0 Å². The van der Waals surface area contributed by atoms with Gasteiger partial charge in [0, 0.05) is 25.2 Å². The third-order valence-electron chi connectivity index (χ3n) is 3.79. The van der Waals surface area contributed by atoms with Gasteiger partial charge in [-0.05, 0) is 40.7 Å². The van der Waals surface area contributed by atoms with Crippen molar-refractivity contribution in [3.8, 4) is 0 Å². The van der Waals surface area contributed by atoms with Crippen molar-refractivity contribution < 1.29 is 4.92 Å². The molecule has 7 heteroatoms. The predicted octanol–water partition coefficient (Wildman–Crippen LogP) is 1.87. The Morgan fingerprint density at radius 1 is 1.60 bits per heavy atom. The van der Waals surface area contributed by atoms with Gasteiger partial charge in [0.05, 0.1) is 4.92 Å². The average Bonchev–Trinajstić information content (AvgIpc) is 2.98. The minimum absolute atomic E-state index is 0.0980. The van der Waals surface area contributed by atoms with Gasteiger partial charge in [0.15, 0.2) is 0 Å². The summed E-state index contributed by atoms with van der Waals surface area (Å²) in [5.41, 5.74) is 0.635. The lowest BCUT2D eigenvalue weighted by Gasteiger charge is -2.29. The van der Waals surface area contributed by atoms with Crippen molar-refractivity contribution in [3.05, 3.63) is 15.8 Å². The van der Waals surface area contributed by atoms with Crippen molar-refractivity contribution in [1.82, 2.24) is 15.1 Å². The van der Waals surface area contributed by atoms with E-state index in [0.29, 0.717) is 17.6 Å². The quantitative estimate of drug-likeness (QED) is 0.658. The van der Waals surface area contributed by atoms with Crippen LogP contribution in [0, 0.1) is 17.0 Å². The van der Waals surface area contributed by atoms with Gasteiger partial charge in [0.1, 0.15) is 5.69 Å². The molecule has 20 heavy (non-hydrogen) atoms. The van der Waals surface area contributed by atoms with Gasteiger partial charge in [-0.15, -0.1) is 0 Å². The number of nitrogens with zero attached hydrogens (tertiary/aromatic N) is 4. The normalized spacial score (nSPS) is 18.8. The van der Waals surface area contributed by atoms with E-state index in [1.165, 1.54) is 0 Å². The molecule has 2 heterocycles. The Morgan fingerprint density at radius 3 is 2.75 bits per heavy atom. The molecule has 112 valence electrons. The molecule has 1 aliphatic rings. The van der Waals surface area contributed by atoms with Crippen molar-refractivity contribution in [2.75, 3.05) is 24.5 Å². The summed E-state index contributed by atoms with van der Waals surface area (Å²) in [5.74, 6) is 0.652. The van der Waals surface area contributed by atoms with Gasteiger partial charge >= 0.3 is 5.69 Å². The van der Waals surface area contributed by atoms with Gasteiger partial charge in [-0.3, -0.25) is 10.1 Å². The number of nitro groups is 1. The molecule has 1 aromatic heterocycles. The highest BCUT2D eigenvalue weighted by Crippen LogP contribution is 2.35. The third kappa shape index (κ3) is 2.49. The van der Waals surface area contributed by atoms with Crippen molar-refractivity contribution >= 4 is 11.5 Å². The molecule has 1 N–H and O–H groups in total. The van der Waals surface area contributed by atoms with Gasteiger partial charge in [0.25, 0.3) is 0 Å². The first-order valence-electron chi connectivity index (χ1n) is 7.18.